The molecule has 17 heavy (non-hydrogen) atoms. The van der Waals surface area contributed by atoms with Gasteiger partial charge in [-0.25, -0.2) is 5.14 Å². The topological polar surface area (TPSA) is 83.6 Å². The Hall–Kier alpha value is -0.910. The molecule has 1 heterocycles. The molecular formula is C10H14N2O3S2. The van der Waals surface area contributed by atoms with Crippen molar-refractivity contribution in [2.75, 3.05) is 13.7 Å². The Balaban J connectivity index is 2.67. The minimum Gasteiger partial charge on any atom is -0.395 e. The quantitative estimate of drug-likeness (QED) is 0.765. The molecule has 0 aromatic carbocycles. The average Bonchev–Trinajstić information content (AvgIpc) is 2.65. The fraction of sp³-hybridized carbons (Fsp3) is 0.400. The second kappa shape index (κ2) is 6.14. The van der Waals surface area contributed by atoms with Gasteiger partial charge in [-0.1, -0.05) is 11.8 Å². The van der Waals surface area contributed by atoms with Crippen LogP contribution in [-0.4, -0.2) is 31.5 Å². The number of hydrogen-bond donors (Lipinski definition) is 2. The summed E-state index contributed by atoms with van der Waals surface area (Å²) in [6.07, 6.45) is 0.435. The van der Waals surface area contributed by atoms with Crippen LogP contribution in [0.3, 0.4) is 0 Å². The van der Waals surface area contributed by atoms with Gasteiger partial charge in [-0.2, -0.15) is 12.7 Å². The predicted molar refractivity (Wildman–Crippen MR) is 67.5 cm³/mol. The van der Waals surface area contributed by atoms with Crippen LogP contribution in [0.25, 0.3) is 0 Å². The molecule has 0 aliphatic carbocycles. The first-order valence-corrected chi connectivity index (χ1v) is 7.23. The first kappa shape index (κ1) is 14.2. The van der Waals surface area contributed by atoms with Crippen LogP contribution in [0.1, 0.15) is 16.9 Å². The van der Waals surface area contributed by atoms with E-state index >= 15 is 0 Å². The summed E-state index contributed by atoms with van der Waals surface area (Å²) in [7, 11) is -2.22. The molecule has 5 nitrogen and oxygen atoms in total. The minimum atomic E-state index is -3.64. The van der Waals surface area contributed by atoms with Crippen LogP contribution in [-0.2, 0) is 16.8 Å². The third-order valence-electron chi connectivity index (χ3n) is 1.94. The van der Waals surface area contributed by atoms with E-state index in [0.29, 0.717) is 6.42 Å². The molecule has 0 bridgehead atoms. The third-order valence-corrected chi connectivity index (χ3v) is 3.83. The van der Waals surface area contributed by atoms with Crippen molar-refractivity contribution in [3.05, 3.63) is 21.9 Å². The van der Waals surface area contributed by atoms with Gasteiger partial charge in [-0.05, 0) is 17.0 Å². The summed E-state index contributed by atoms with van der Waals surface area (Å²) in [6, 6.07) is 1.82. The van der Waals surface area contributed by atoms with E-state index in [9.17, 15) is 8.42 Å². The van der Waals surface area contributed by atoms with Crippen molar-refractivity contribution < 1.29 is 13.5 Å². The summed E-state index contributed by atoms with van der Waals surface area (Å²) in [5.74, 6) is 5.69. The summed E-state index contributed by atoms with van der Waals surface area (Å²) in [6.45, 7) is 0.274. The number of rotatable bonds is 4. The highest BCUT2D eigenvalue weighted by atomic mass is 32.2. The van der Waals surface area contributed by atoms with E-state index < -0.39 is 10.2 Å². The molecule has 0 aliphatic heterocycles. The van der Waals surface area contributed by atoms with Crippen molar-refractivity contribution in [2.24, 2.45) is 5.14 Å². The van der Waals surface area contributed by atoms with Crippen molar-refractivity contribution in [3.63, 3.8) is 0 Å². The highest BCUT2D eigenvalue weighted by Crippen LogP contribution is 2.15. The summed E-state index contributed by atoms with van der Waals surface area (Å²) < 4.78 is 23.1. The lowest BCUT2D eigenvalue weighted by atomic mass is 10.3. The fourth-order valence-electron chi connectivity index (χ4n) is 1.08. The predicted octanol–water partition coefficient (Wildman–Crippen LogP) is 0.117. The molecule has 0 fully saturated rings. The van der Waals surface area contributed by atoms with Crippen LogP contribution in [0.4, 0.5) is 0 Å². The van der Waals surface area contributed by atoms with Gasteiger partial charge in [0.1, 0.15) is 0 Å². The second-order valence-corrected chi connectivity index (χ2v) is 5.96. The first-order valence-electron chi connectivity index (χ1n) is 4.84. The molecule has 3 N–H and O–H groups in total. The average molecular weight is 274 g/mol. The Morgan fingerprint density at radius 2 is 2.29 bits per heavy atom. The van der Waals surface area contributed by atoms with Crippen molar-refractivity contribution >= 4 is 21.5 Å². The van der Waals surface area contributed by atoms with E-state index in [-0.39, 0.29) is 13.2 Å². The highest BCUT2D eigenvalue weighted by Gasteiger charge is 2.12. The molecule has 0 saturated heterocycles. The lowest BCUT2D eigenvalue weighted by molar-refractivity contribution is 0.305. The van der Waals surface area contributed by atoms with E-state index in [2.05, 4.69) is 11.8 Å². The lowest BCUT2D eigenvalue weighted by Gasteiger charge is -2.11. The van der Waals surface area contributed by atoms with Crippen LogP contribution in [0.5, 0.6) is 0 Å². The van der Waals surface area contributed by atoms with E-state index in [1.807, 2.05) is 11.4 Å². The zero-order valence-electron chi connectivity index (χ0n) is 9.38. The standard InChI is InChI=1S/C10H14N2O3S2/c1-12(17(11,14)15)7-9-6-10(16-8-9)4-2-3-5-13/h6,8,13H,3,5,7H2,1H3,(H2,11,14,15). The molecule has 7 heteroatoms. The van der Waals surface area contributed by atoms with Crippen molar-refractivity contribution in [1.29, 1.82) is 0 Å². The van der Waals surface area contributed by atoms with Crippen molar-refractivity contribution in [2.45, 2.75) is 13.0 Å². The van der Waals surface area contributed by atoms with Crippen molar-refractivity contribution in [1.82, 2.24) is 4.31 Å². The van der Waals surface area contributed by atoms with Crippen LogP contribution in [0, 0.1) is 11.8 Å². The van der Waals surface area contributed by atoms with Gasteiger partial charge in [0.05, 0.1) is 11.5 Å². The Labute approximate surface area is 105 Å². The molecule has 0 unspecified atom stereocenters. The van der Waals surface area contributed by atoms with Gasteiger partial charge in [-0.3, -0.25) is 0 Å². The summed E-state index contributed by atoms with van der Waals surface area (Å²) in [4.78, 5) is 0.844. The SMILES string of the molecule is CN(Cc1csc(C#CCCO)c1)S(N)(=O)=O. The van der Waals surface area contributed by atoms with Gasteiger partial charge in [0.2, 0.25) is 0 Å². The van der Waals surface area contributed by atoms with E-state index in [1.54, 1.807) is 0 Å². The second-order valence-electron chi connectivity index (χ2n) is 3.40. The number of hydrogen-bond acceptors (Lipinski definition) is 4. The molecule has 0 atom stereocenters. The Bertz CT molecular complexity index is 525. The Kier molecular flexibility index (Phi) is 5.11. The normalized spacial score (nSPS) is 11.3. The molecule has 1 aromatic heterocycles. The van der Waals surface area contributed by atoms with E-state index in [0.717, 1.165) is 14.7 Å². The molecule has 0 aliphatic rings. The fourth-order valence-corrected chi connectivity index (χ4v) is 2.18. The van der Waals surface area contributed by atoms with Crippen molar-refractivity contribution in [3.8, 4) is 11.8 Å². The number of aliphatic hydroxyl groups excluding tert-OH is 1. The van der Waals surface area contributed by atoms with E-state index in [4.69, 9.17) is 10.2 Å². The van der Waals surface area contributed by atoms with Gasteiger partial charge in [0.15, 0.2) is 0 Å². The van der Waals surface area contributed by atoms with E-state index in [1.165, 1.54) is 18.4 Å². The smallest absolute Gasteiger partial charge is 0.276 e. The zero-order valence-corrected chi connectivity index (χ0v) is 11.0. The maximum atomic E-state index is 11.0. The summed E-state index contributed by atoms with van der Waals surface area (Å²) in [5.41, 5.74) is 0.847. The maximum Gasteiger partial charge on any atom is 0.276 e. The molecule has 0 spiro atoms. The maximum absolute atomic E-state index is 11.0. The molecule has 94 valence electrons. The Morgan fingerprint density at radius 3 is 2.88 bits per heavy atom. The third kappa shape index (κ3) is 4.85. The number of nitrogens with zero attached hydrogens (tertiary/aromatic N) is 1. The molecule has 1 aromatic rings. The number of thiophene rings is 1. The van der Waals surface area contributed by atoms with Crippen LogP contribution in [0.15, 0.2) is 11.4 Å². The molecule has 0 saturated carbocycles. The van der Waals surface area contributed by atoms with Gasteiger partial charge >= 0.3 is 0 Å². The number of aliphatic hydroxyl groups is 1. The van der Waals surface area contributed by atoms with Gasteiger partial charge in [0.25, 0.3) is 10.2 Å². The Morgan fingerprint density at radius 1 is 1.59 bits per heavy atom. The summed E-state index contributed by atoms with van der Waals surface area (Å²) >= 11 is 1.44. The lowest BCUT2D eigenvalue weighted by Crippen LogP contribution is -2.32. The zero-order chi connectivity index (χ0) is 12.9. The van der Waals surface area contributed by atoms with Gasteiger partial charge in [-0.15, -0.1) is 11.3 Å². The molecular weight excluding hydrogens is 260 g/mol. The molecule has 0 amide bonds. The first-order chi connectivity index (χ1) is 7.93. The minimum absolute atomic E-state index is 0.0411. The molecule has 0 radical (unpaired) electrons. The largest absolute Gasteiger partial charge is 0.395 e. The number of nitrogens with two attached hydrogens (primary N) is 1. The van der Waals surface area contributed by atoms with Crippen LogP contribution >= 0.6 is 11.3 Å². The van der Waals surface area contributed by atoms with Crippen LogP contribution < -0.4 is 5.14 Å². The summed E-state index contributed by atoms with van der Waals surface area (Å²) in [5, 5.41) is 15.4. The van der Waals surface area contributed by atoms with Gasteiger partial charge < -0.3 is 5.11 Å². The van der Waals surface area contributed by atoms with Crippen LogP contribution in [0.2, 0.25) is 0 Å². The van der Waals surface area contributed by atoms with Gasteiger partial charge in [0, 0.05) is 20.0 Å². The molecule has 1 rings (SSSR count). The monoisotopic (exact) mass is 274 g/mol. The highest BCUT2D eigenvalue weighted by molar-refractivity contribution is 7.86.